The van der Waals surface area contributed by atoms with Crippen LogP contribution in [0.15, 0.2) is 0 Å². The van der Waals surface area contributed by atoms with Gasteiger partial charge in [0, 0.05) is 0 Å². The van der Waals surface area contributed by atoms with Crippen molar-refractivity contribution >= 4 is 17.1 Å². The molecule has 1 atom stereocenters. The molecule has 100 valence electrons. The number of rotatable bonds is 2. The van der Waals surface area contributed by atoms with Gasteiger partial charge in [-0.15, -0.1) is 11.3 Å². The quantitative estimate of drug-likeness (QED) is 0.769. The lowest BCUT2D eigenvalue weighted by molar-refractivity contribution is -0.0712. The summed E-state index contributed by atoms with van der Waals surface area (Å²) in [4.78, 5) is 17.8. The number of Topliss-reactive ketones (excluding diaryl/α,β-unsaturated/α-hetero) is 1. The van der Waals surface area contributed by atoms with Gasteiger partial charge in [0.2, 0.25) is 0 Å². The number of hydrogen-bond donors (Lipinski definition) is 0. The molecule has 4 heteroatoms. The van der Waals surface area contributed by atoms with Crippen LogP contribution in [-0.4, -0.2) is 22.0 Å². The second-order valence-corrected chi connectivity index (χ2v) is 7.44. The van der Waals surface area contributed by atoms with E-state index in [1.165, 1.54) is 11.3 Å². The highest BCUT2D eigenvalue weighted by Crippen LogP contribution is 2.44. The predicted octanol–water partition coefficient (Wildman–Crippen LogP) is 3.54. The van der Waals surface area contributed by atoms with Crippen LogP contribution < -0.4 is 0 Å². The van der Waals surface area contributed by atoms with Crippen LogP contribution in [-0.2, 0) is 4.74 Å². The monoisotopic (exact) mass is 267 g/mol. The van der Waals surface area contributed by atoms with Gasteiger partial charge in [0.25, 0.3) is 0 Å². The van der Waals surface area contributed by atoms with E-state index in [9.17, 15) is 4.79 Å². The Morgan fingerprint density at radius 3 is 2.33 bits per heavy atom. The predicted molar refractivity (Wildman–Crippen MR) is 73.3 cm³/mol. The molecule has 2 rings (SSSR count). The van der Waals surface area contributed by atoms with Gasteiger partial charge in [0.05, 0.1) is 32.7 Å². The Kier molecular flexibility index (Phi) is 3.14. The maximum absolute atomic E-state index is 12.7. The van der Waals surface area contributed by atoms with Crippen molar-refractivity contribution in [1.82, 2.24) is 4.98 Å². The number of aryl methyl sites for hydroxylation is 2. The summed E-state index contributed by atoms with van der Waals surface area (Å²) in [5.74, 6) is 0.111. The Morgan fingerprint density at radius 1 is 1.33 bits per heavy atom. The Bertz CT molecular complexity index is 488. The molecule has 2 heterocycles. The SMILES string of the molecule is Cc1nc(C)c(C(=O)C2CC(C)(C)OC2(C)C)s1. The lowest BCUT2D eigenvalue weighted by Crippen LogP contribution is -2.33. The van der Waals surface area contributed by atoms with Gasteiger partial charge in [-0.2, -0.15) is 0 Å². The molecular formula is C14H21NO2S. The van der Waals surface area contributed by atoms with Crippen LogP contribution in [0.1, 0.15) is 54.5 Å². The van der Waals surface area contributed by atoms with Gasteiger partial charge in [0.15, 0.2) is 5.78 Å². The summed E-state index contributed by atoms with van der Waals surface area (Å²) < 4.78 is 6.00. The molecule has 0 aliphatic carbocycles. The van der Waals surface area contributed by atoms with Gasteiger partial charge >= 0.3 is 0 Å². The molecule has 1 unspecified atom stereocenters. The van der Waals surface area contributed by atoms with Crippen molar-refractivity contribution in [3.63, 3.8) is 0 Å². The largest absolute Gasteiger partial charge is 0.369 e. The number of aromatic nitrogens is 1. The molecule has 0 N–H and O–H groups in total. The molecule has 1 saturated heterocycles. The standard InChI is InChI=1S/C14H21NO2S/c1-8-12(18-9(2)15-8)11(16)10-7-13(3,4)17-14(10,5)6/h10H,7H2,1-6H3. The molecule has 0 saturated carbocycles. The fourth-order valence-electron chi connectivity index (χ4n) is 2.89. The first-order valence-corrected chi connectivity index (χ1v) is 7.12. The average molecular weight is 267 g/mol. The molecule has 0 amide bonds. The van der Waals surface area contributed by atoms with Crippen molar-refractivity contribution in [2.24, 2.45) is 5.92 Å². The van der Waals surface area contributed by atoms with E-state index < -0.39 is 5.60 Å². The molecule has 0 bridgehead atoms. The topological polar surface area (TPSA) is 39.2 Å². The number of thiazole rings is 1. The minimum Gasteiger partial charge on any atom is -0.369 e. The summed E-state index contributed by atoms with van der Waals surface area (Å²) in [6.45, 7) is 12.0. The molecule has 0 radical (unpaired) electrons. The summed E-state index contributed by atoms with van der Waals surface area (Å²) in [6, 6.07) is 0. The number of carbonyl (C=O) groups excluding carboxylic acids is 1. The van der Waals surface area contributed by atoms with Gasteiger partial charge in [-0.05, 0) is 48.0 Å². The highest BCUT2D eigenvalue weighted by Gasteiger charge is 2.49. The maximum Gasteiger partial charge on any atom is 0.180 e. The second-order valence-electron chi connectivity index (χ2n) is 6.23. The molecule has 1 fully saturated rings. The number of ether oxygens (including phenoxy) is 1. The van der Waals surface area contributed by atoms with Crippen LogP contribution in [0.5, 0.6) is 0 Å². The van der Waals surface area contributed by atoms with Crippen molar-refractivity contribution in [2.75, 3.05) is 0 Å². The Hall–Kier alpha value is -0.740. The van der Waals surface area contributed by atoms with Crippen LogP contribution in [0, 0.1) is 19.8 Å². The van der Waals surface area contributed by atoms with E-state index in [1.54, 1.807) is 0 Å². The molecule has 0 aromatic carbocycles. The first kappa shape index (κ1) is 13.7. The van der Waals surface area contributed by atoms with E-state index in [0.717, 1.165) is 22.0 Å². The summed E-state index contributed by atoms with van der Waals surface area (Å²) >= 11 is 1.49. The number of ketones is 1. The average Bonchev–Trinajstić information content (AvgIpc) is 2.61. The van der Waals surface area contributed by atoms with Crippen molar-refractivity contribution in [3.8, 4) is 0 Å². The normalized spacial score (nSPS) is 25.3. The summed E-state index contributed by atoms with van der Waals surface area (Å²) in [5.41, 5.74) is 0.227. The van der Waals surface area contributed by atoms with Gasteiger partial charge in [-0.25, -0.2) is 4.98 Å². The lowest BCUT2D eigenvalue weighted by atomic mass is 9.83. The van der Waals surface area contributed by atoms with Crippen molar-refractivity contribution in [3.05, 3.63) is 15.6 Å². The molecule has 3 nitrogen and oxygen atoms in total. The van der Waals surface area contributed by atoms with E-state index >= 15 is 0 Å². The number of carbonyl (C=O) groups is 1. The first-order valence-electron chi connectivity index (χ1n) is 6.31. The summed E-state index contributed by atoms with van der Waals surface area (Å²) in [5, 5.41) is 0.951. The zero-order chi connectivity index (χ0) is 13.7. The van der Waals surface area contributed by atoms with Crippen molar-refractivity contribution < 1.29 is 9.53 Å². The molecule has 1 aliphatic rings. The Labute approximate surface area is 113 Å². The molecule has 1 aromatic heterocycles. The molecular weight excluding hydrogens is 246 g/mol. The minimum absolute atomic E-state index is 0.0777. The minimum atomic E-state index is -0.398. The van der Waals surface area contributed by atoms with Crippen LogP contribution in [0.4, 0.5) is 0 Å². The summed E-state index contributed by atoms with van der Waals surface area (Å²) in [7, 11) is 0. The van der Waals surface area contributed by atoms with Crippen LogP contribution in [0.25, 0.3) is 0 Å². The Balaban J connectivity index is 2.32. The zero-order valence-electron chi connectivity index (χ0n) is 12.0. The number of nitrogens with zero attached hydrogens (tertiary/aromatic N) is 1. The molecule has 1 aliphatic heterocycles. The Morgan fingerprint density at radius 2 is 1.94 bits per heavy atom. The van der Waals surface area contributed by atoms with Crippen LogP contribution in [0.3, 0.4) is 0 Å². The van der Waals surface area contributed by atoms with Gasteiger partial charge in [-0.1, -0.05) is 0 Å². The fraction of sp³-hybridized carbons (Fsp3) is 0.714. The third-order valence-corrected chi connectivity index (χ3v) is 4.61. The smallest absolute Gasteiger partial charge is 0.180 e. The van der Waals surface area contributed by atoms with E-state index in [0.29, 0.717) is 0 Å². The summed E-state index contributed by atoms with van der Waals surface area (Å²) in [6.07, 6.45) is 0.773. The molecule has 18 heavy (non-hydrogen) atoms. The van der Waals surface area contributed by atoms with E-state index in [4.69, 9.17) is 4.74 Å². The fourth-order valence-corrected chi connectivity index (χ4v) is 3.80. The van der Waals surface area contributed by atoms with Gasteiger partial charge in [0.1, 0.15) is 0 Å². The van der Waals surface area contributed by atoms with Crippen LogP contribution in [0.2, 0.25) is 0 Å². The van der Waals surface area contributed by atoms with Crippen molar-refractivity contribution in [2.45, 2.75) is 59.2 Å². The lowest BCUT2D eigenvalue weighted by Gasteiger charge is -2.26. The maximum atomic E-state index is 12.7. The third-order valence-electron chi connectivity index (χ3n) is 3.52. The van der Waals surface area contributed by atoms with Crippen LogP contribution >= 0.6 is 11.3 Å². The molecule has 1 aromatic rings. The van der Waals surface area contributed by atoms with E-state index in [-0.39, 0.29) is 17.3 Å². The van der Waals surface area contributed by atoms with Gasteiger partial charge in [-0.3, -0.25) is 4.79 Å². The van der Waals surface area contributed by atoms with E-state index in [1.807, 2.05) is 41.5 Å². The third kappa shape index (κ3) is 2.36. The molecule has 0 spiro atoms. The zero-order valence-corrected chi connectivity index (χ0v) is 12.8. The van der Waals surface area contributed by atoms with Gasteiger partial charge < -0.3 is 4.74 Å². The highest BCUT2D eigenvalue weighted by molar-refractivity contribution is 7.13. The second kappa shape index (κ2) is 4.14. The number of hydrogen-bond acceptors (Lipinski definition) is 4. The first-order chi connectivity index (χ1) is 8.12. The van der Waals surface area contributed by atoms with E-state index in [2.05, 4.69) is 4.98 Å². The van der Waals surface area contributed by atoms with Crippen molar-refractivity contribution in [1.29, 1.82) is 0 Å². The highest BCUT2D eigenvalue weighted by atomic mass is 32.1.